The van der Waals surface area contributed by atoms with Gasteiger partial charge in [0.1, 0.15) is 5.57 Å². The number of para-hydroxylation sites is 1. The van der Waals surface area contributed by atoms with Crippen LogP contribution in [0.2, 0.25) is 5.02 Å². The number of rotatable bonds is 3. The van der Waals surface area contributed by atoms with Crippen LogP contribution in [-0.2, 0) is 9.59 Å². The van der Waals surface area contributed by atoms with Gasteiger partial charge in [-0.3, -0.25) is 14.9 Å². The molecular weight excluding hydrogens is 378 g/mol. The summed E-state index contributed by atoms with van der Waals surface area (Å²) in [6.07, 6.45) is 5.09. The number of carbonyl (C=O) groups is 3. The monoisotopic (exact) mass is 391 g/mol. The van der Waals surface area contributed by atoms with Crippen molar-refractivity contribution < 1.29 is 14.4 Å². The van der Waals surface area contributed by atoms with Crippen LogP contribution < -0.4 is 10.2 Å². The third-order valence-corrected chi connectivity index (χ3v) is 4.52. The van der Waals surface area contributed by atoms with Gasteiger partial charge in [-0.05, 0) is 54.1 Å². The molecule has 0 atom stereocenters. The van der Waals surface area contributed by atoms with Gasteiger partial charge >= 0.3 is 6.03 Å². The summed E-state index contributed by atoms with van der Waals surface area (Å²) in [5.74, 6) is -1.42. The van der Waals surface area contributed by atoms with Crippen LogP contribution in [0, 0.1) is 0 Å². The van der Waals surface area contributed by atoms with Crippen LogP contribution in [0.4, 0.5) is 10.5 Å². The summed E-state index contributed by atoms with van der Waals surface area (Å²) in [5, 5.41) is 2.68. The molecule has 4 amide bonds. The Balaban J connectivity index is 1.67. The molecule has 138 valence electrons. The second-order valence-electron chi connectivity index (χ2n) is 6.12. The zero-order valence-electron chi connectivity index (χ0n) is 14.5. The number of anilines is 1. The number of halogens is 1. The first-order valence-corrected chi connectivity index (χ1v) is 8.81. The molecule has 1 aliphatic heterocycles. The molecule has 0 aliphatic carbocycles. The third kappa shape index (κ3) is 3.33. The van der Waals surface area contributed by atoms with Gasteiger partial charge in [0, 0.05) is 23.1 Å². The molecule has 1 N–H and O–H groups in total. The van der Waals surface area contributed by atoms with E-state index in [-0.39, 0.29) is 5.57 Å². The Morgan fingerprint density at radius 2 is 1.57 bits per heavy atom. The van der Waals surface area contributed by atoms with E-state index in [2.05, 4.69) is 5.32 Å². The van der Waals surface area contributed by atoms with Crippen molar-refractivity contribution in [3.63, 3.8) is 0 Å². The number of urea groups is 1. The summed E-state index contributed by atoms with van der Waals surface area (Å²) in [6, 6.07) is 16.8. The fourth-order valence-corrected chi connectivity index (χ4v) is 3.03. The van der Waals surface area contributed by atoms with Crippen LogP contribution in [0.3, 0.4) is 0 Å². The van der Waals surface area contributed by atoms with Crippen molar-refractivity contribution in [2.75, 3.05) is 4.90 Å². The molecule has 0 spiro atoms. The molecule has 7 heteroatoms. The predicted octanol–water partition coefficient (Wildman–Crippen LogP) is 3.80. The highest BCUT2D eigenvalue weighted by Crippen LogP contribution is 2.24. The number of hydrogen-bond acceptors (Lipinski definition) is 3. The van der Waals surface area contributed by atoms with Crippen LogP contribution in [0.15, 0.2) is 78.6 Å². The number of carbonyl (C=O) groups excluding carboxylic acids is 3. The molecule has 3 aromatic rings. The molecule has 0 bridgehead atoms. The maximum Gasteiger partial charge on any atom is 0.335 e. The third-order valence-electron chi connectivity index (χ3n) is 4.27. The maximum absolute atomic E-state index is 12.8. The highest BCUT2D eigenvalue weighted by Gasteiger charge is 2.36. The summed E-state index contributed by atoms with van der Waals surface area (Å²) < 4.78 is 1.87. The molecule has 6 nitrogen and oxygen atoms in total. The number of barbiturate groups is 1. The zero-order valence-corrected chi connectivity index (χ0v) is 15.3. The van der Waals surface area contributed by atoms with Gasteiger partial charge in [-0.2, -0.15) is 0 Å². The molecule has 28 heavy (non-hydrogen) atoms. The summed E-state index contributed by atoms with van der Waals surface area (Å²) in [6.45, 7) is 0. The van der Waals surface area contributed by atoms with E-state index in [1.54, 1.807) is 36.5 Å². The van der Waals surface area contributed by atoms with Gasteiger partial charge in [0.25, 0.3) is 11.8 Å². The Labute approximate surface area is 165 Å². The lowest BCUT2D eigenvalue weighted by Gasteiger charge is -2.26. The Morgan fingerprint density at radius 1 is 0.857 bits per heavy atom. The first-order chi connectivity index (χ1) is 13.5. The summed E-state index contributed by atoms with van der Waals surface area (Å²) >= 11 is 5.86. The fraction of sp³-hybridized carbons (Fsp3) is 0. The topological polar surface area (TPSA) is 71.4 Å². The van der Waals surface area contributed by atoms with E-state index in [1.165, 1.54) is 6.08 Å². The molecule has 1 saturated heterocycles. The molecule has 0 radical (unpaired) electrons. The molecule has 2 heterocycles. The van der Waals surface area contributed by atoms with E-state index in [9.17, 15) is 14.4 Å². The molecule has 1 fully saturated rings. The van der Waals surface area contributed by atoms with E-state index in [0.717, 1.165) is 10.6 Å². The molecule has 0 unspecified atom stereocenters. The summed E-state index contributed by atoms with van der Waals surface area (Å²) in [5.41, 5.74) is 1.81. The molecular formula is C21H14ClN3O3. The van der Waals surface area contributed by atoms with Gasteiger partial charge in [0.15, 0.2) is 0 Å². The van der Waals surface area contributed by atoms with Crippen molar-refractivity contribution in [2.45, 2.75) is 0 Å². The molecule has 1 aromatic heterocycles. The highest BCUT2D eigenvalue weighted by molar-refractivity contribution is 6.39. The fourth-order valence-electron chi connectivity index (χ4n) is 2.91. The largest absolute Gasteiger partial charge is 0.335 e. The summed E-state index contributed by atoms with van der Waals surface area (Å²) in [4.78, 5) is 38.2. The van der Waals surface area contributed by atoms with Crippen LogP contribution in [0.25, 0.3) is 11.8 Å². The van der Waals surface area contributed by atoms with E-state index >= 15 is 0 Å². The van der Waals surface area contributed by atoms with Gasteiger partial charge in [-0.25, -0.2) is 9.69 Å². The minimum atomic E-state index is -0.795. The van der Waals surface area contributed by atoms with Crippen LogP contribution in [0.5, 0.6) is 0 Å². The Hall–Kier alpha value is -3.64. The van der Waals surface area contributed by atoms with Gasteiger partial charge in [-0.15, -0.1) is 0 Å². The van der Waals surface area contributed by atoms with Crippen LogP contribution in [0.1, 0.15) is 5.56 Å². The van der Waals surface area contributed by atoms with Gasteiger partial charge < -0.3 is 4.57 Å². The lowest BCUT2D eigenvalue weighted by atomic mass is 10.1. The zero-order chi connectivity index (χ0) is 19.7. The molecule has 4 rings (SSSR count). The van der Waals surface area contributed by atoms with Crippen molar-refractivity contribution in [1.29, 1.82) is 0 Å². The molecule has 2 aromatic carbocycles. The van der Waals surface area contributed by atoms with Crippen LogP contribution in [-0.4, -0.2) is 22.4 Å². The van der Waals surface area contributed by atoms with Gasteiger partial charge in [0.2, 0.25) is 0 Å². The first kappa shape index (κ1) is 17.8. The van der Waals surface area contributed by atoms with E-state index in [0.29, 0.717) is 16.3 Å². The smallest absolute Gasteiger partial charge is 0.323 e. The second-order valence-corrected chi connectivity index (χ2v) is 6.56. The highest BCUT2D eigenvalue weighted by atomic mass is 35.5. The van der Waals surface area contributed by atoms with E-state index < -0.39 is 17.8 Å². The second kappa shape index (κ2) is 7.17. The maximum atomic E-state index is 12.8. The van der Waals surface area contributed by atoms with Gasteiger partial charge in [-0.1, -0.05) is 29.8 Å². The van der Waals surface area contributed by atoms with E-state index in [1.807, 2.05) is 41.1 Å². The number of amides is 4. The van der Waals surface area contributed by atoms with Gasteiger partial charge in [0.05, 0.1) is 5.69 Å². The number of nitrogens with one attached hydrogen (secondary N) is 1. The normalized spacial score (nSPS) is 15.8. The quantitative estimate of drug-likeness (QED) is 0.545. The Bertz CT molecular complexity index is 1100. The van der Waals surface area contributed by atoms with Crippen LogP contribution >= 0.6 is 11.6 Å². The lowest BCUT2D eigenvalue weighted by molar-refractivity contribution is -0.122. The number of nitrogens with zero attached hydrogens (tertiary/aromatic N) is 2. The number of aromatic nitrogens is 1. The average Bonchev–Trinajstić information content (AvgIpc) is 3.16. The minimum Gasteiger partial charge on any atom is -0.323 e. The number of hydrogen-bond donors (Lipinski definition) is 1. The van der Waals surface area contributed by atoms with E-state index in [4.69, 9.17) is 11.6 Å². The number of imide groups is 2. The van der Waals surface area contributed by atoms with Crippen molar-refractivity contribution in [1.82, 2.24) is 9.88 Å². The first-order valence-electron chi connectivity index (χ1n) is 8.43. The SMILES string of the molecule is O=C1NC(=O)N(c2ccc(Cl)cc2)C(=O)/C1=C\c1ccn(-c2ccccc2)c1. The van der Waals surface area contributed by atoms with Crippen molar-refractivity contribution in [3.8, 4) is 5.69 Å². The average molecular weight is 392 g/mol. The van der Waals surface area contributed by atoms with Crippen molar-refractivity contribution in [2.24, 2.45) is 0 Å². The molecule has 1 aliphatic rings. The predicted molar refractivity (Wildman–Crippen MR) is 106 cm³/mol. The van der Waals surface area contributed by atoms with Crippen molar-refractivity contribution >= 4 is 41.2 Å². The standard InChI is InChI=1S/C21H14ClN3O3/c22-15-6-8-17(9-7-15)25-20(27)18(19(26)23-21(25)28)12-14-10-11-24(13-14)16-4-2-1-3-5-16/h1-13H,(H,23,26,28)/b18-12-. The summed E-state index contributed by atoms with van der Waals surface area (Å²) in [7, 11) is 0. The molecule has 0 saturated carbocycles. The minimum absolute atomic E-state index is 0.125. The number of benzene rings is 2. The Kier molecular flexibility index (Phi) is 4.55. The Morgan fingerprint density at radius 3 is 2.29 bits per heavy atom. The van der Waals surface area contributed by atoms with Crippen molar-refractivity contribution in [3.05, 3.63) is 89.2 Å². The lowest BCUT2D eigenvalue weighted by Crippen LogP contribution is -2.54.